The van der Waals surface area contributed by atoms with E-state index in [1.54, 1.807) is 6.07 Å². The van der Waals surface area contributed by atoms with E-state index in [1.807, 2.05) is 0 Å². The molecule has 1 aliphatic rings. The highest BCUT2D eigenvalue weighted by atomic mass is 19.1. The number of halogens is 1. The van der Waals surface area contributed by atoms with E-state index in [0.29, 0.717) is 18.7 Å². The summed E-state index contributed by atoms with van der Waals surface area (Å²) in [6, 6.07) is 3.92. The number of nitrogens with one attached hydrogen (secondary N) is 1. The van der Waals surface area contributed by atoms with Crippen LogP contribution in [0.3, 0.4) is 0 Å². The van der Waals surface area contributed by atoms with Crippen molar-refractivity contribution in [1.29, 1.82) is 0 Å². The van der Waals surface area contributed by atoms with Gasteiger partial charge in [-0.05, 0) is 24.5 Å². The lowest BCUT2D eigenvalue weighted by Gasteiger charge is -2.26. The standard InChI is InChI=1S/C14H19FN2O3/c15-12-7-11(3-4-13(12)17(19)20)8-16-9-14(10-18)5-1-2-6-14/h3-4,7,16,18H,1-2,5-6,8-10H2. The molecular formula is C14H19FN2O3. The molecule has 1 aromatic carbocycles. The molecule has 110 valence electrons. The Bertz CT molecular complexity index is 487. The molecule has 6 heteroatoms. The Balaban J connectivity index is 1.91. The van der Waals surface area contributed by atoms with Crippen molar-refractivity contribution < 1.29 is 14.4 Å². The number of nitro groups is 1. The molecule has 0 amide bonds. The lowest BCUT2D eigenvalue weighted by molar-refractivity contribution is -0.387. The van der Waals surface area contributed by atoms with E-state index >= 15 is 0 Å². The van der Waals surface area contributed by atoms with E-state index in [-0.39, 0.29) is 12.0 Å². The molecule has 0 bridgehead atoms. The fourth-order valence-corrected chi connectivity index (χ4v) is 2.80. The molecule has 1 aliphatic carbocycles. The first-order chi connectivity index (χ1) is 9.56. The molecule has 20 heavy (non-hydrogen) atoms. The average molecular weight is 282 g/mol. The van der Waals surface area contributed by atoms with Gasteiger partial charge in [-0.25, -0.2) is 0 Å². The van der Waals surface area contributed by atoms with Gasteiger partial charge in [0, 0.05) is 31.2 Å². The van der Waals surface area contributed by atoms with Gasteiger partial charge in [0.2, 0.25) is 5.82 Å². The molecule has 5 nitrogen and oxygen atoms in total. The first-order valence-corrected chi connectivity index (χ1v) is 6.81. The van der Waals surface area contributed by atoms with E-state index in [4.69, 9.17) is 0 Å². The lowest BCUT2D eigenvalue weighted by Crippen LogP contribution is -2.34. The first-order valence-electron chi connectivity index (χ1n) is 6.81. The van der Waals surface area contributed by atoms with Crippen molar-refractivity contribution in [2.75, 3.05) is 13.2 Å². The molecule has 1 aromatic rings. The molecule has 1 fully saturated rings. The zero-order chi connectivity index (χ0) is 14.6. The van der Waals surface area contributed by atoms with Crippen molar-refractivity contribution >= 4 is 5.69 Å². The van der Waals surface area contributed by atoms with Crippen LogP contribution in [0.5, 0.6) is 0 Å². The van der Waals surface area contributed by atoms with Crippen LogP contribution < -0.4 is 5.32 Å². The van der Waals surface area contributed by atoms with E-state index in [1.165, 1.54) is 12.1 Å². The quantitative estimate of drug-likeness (QED) is 0.620. The van der Waals surface area contributed by atoms with Crippen molar-refractivity contribution in [2.45, 2.75) is 32.2 Å². The SMILES string of the molecule is O=[N+]([O-])c1ccc(CNCC2(CO)CCCC2)cc1F. The number of nitrogens with zero attached hydrogens (tertiary/aromatic N) is 1. The van der Waals surface area contributed by atoms with Gasteiger partial charge < -0.3 is 10.4 Å². The van der Waals surface area contributed by atoms with Crippen molar-refractivity contribution in [2.24, 2.45) is 5.41 Å². The summed E-state index contributed by atoms with van der Waals surface area (Å²) >= 11 is 0. The van der Waals surface area contributed by atoms with Gasteiger partial charge in [-0.1, -0.05) is 18.9 Å². The van der Waals surface area contributed by atoms with Crippen LogP contribution in [0.1, 0.15) is 31.2 Å². The molecule has 0 saturated heterocycles. The first kappa shape index (κ1) is 14.9. The predicted molar refractivity (Wildman–Crippen MR) is 72.7 cm³/mol. The highest BCUT2D eigenvalue weighted by Gasteiger charge is 2.32. The summed E-state index contributed by atoms with van der Waals surface area (Å²) in [5.41, 5.74) is 0.106. The van der Waals surface area contributed by atoms with Crippen molar-refractivity contribution in [3.8, 4) is 0 Å². The fourth-order valence-electron chi connectivity index (χ4n) is 2.80. The molecule has 2 rings (SSSR count). The van der Waals surface area contributed by atoms with E-state index in [9.17, 15) is 19.6 Å². The van der Waals surface area contributed by atoms with Gasteiger partial charge in [-0.3, -0.25) is 10.1 Å². The van der Waals surface area contributed by atoms with Crippen LogP contribution in [-0.4, -0.2) is 23.2 Å². The number of rotatable bonds is 6. The second kappa shape index (κ2) is 6.28. The van der Waals surface area contributed by atoms with Gasteiger partial charge in [0.05, 0.1) is 4.92 Å². The largest absolute Gasteiger partial charge is 0.396 e. The Hall–Kier alpha value is -1.53. The number of hydrogen-bond donors (Lipinski definition) is 2. The second-order valence-electron chi connectivity index (χ2n) is 5.51. The van der Waals surface area contributed by atoms with Gasteiger partial charge in [-0.15, -0.1) is 0 Å². The van der Waals surface area contributed by atoms with Crippen LogP contribution in [0.25, 0.3) is 0 Å². The third-order valence-electron chi connectivity index (χ3n) is 4.04. The molecule has 0 unspecified atom stereocenters. The smallest absolute Gasteiger partial charge is 0.304 e. The summed E-state index contributed by atoms with van der Waals surface area (Å²) in [6.45, 7) is 1.29. The third kappa shape index (κ3) is 3.32. The molecule has 2 N–H and O–H groups in total. The zero-order valence-corrected chi connectivity index (χ0v) is 11.3. The topological polar surface area (TPSA) is 75.4 Å². The summed E-state index contributed by atoms with van der Waals surface area (Å²) in [5.74, 6) is -0.813. The van der Waals surface area contributed by atoms with Crippen LogP contribution in [0.2, 0.25) is 0 Å². The molecule has 0 spiro atoms. The molecule has 0 aliphatic heterocycles. The minimum atomic E-state index is -0.813. The maximum atomic E-state index is 13.5. The Morgan fingerprint density at radius 2 is 2.10 bits per heavy atom. The number of benzene rings is 1. The maximum absolute atomic E-state index is 13.5. The third-order valence-corrected chi connectivity index (χ3v) is 4.04. The predicted octanol–water partition coefficient (Wildman–Crippen LogP) is 2.38. The van der Waals surface area contributed by atoms with Crippen molar-refractivity contribution in [1.82, 2.24) is 5.32 Å². The number of nitro benzene ring substituents is 1. The highest BCUT2D eigenvalue weighted by Crippen LogP contribution is 2.36. The van der Waals surface area contributed by atoms with Crippen LogP contribution in [-0.2, 0) is 6.54 Å². The fraction of sp³-hybridized carbons (Fsp3) is 0.571. The molecule has 0 atom stereocenters. The Labute approximate surface area is 117 Å². The van der Waals surface area contributed by atoms with Gasteiger partial charge in [-0.2, -0.15) is 4.39 Å². The van der Waals surface area contributed by atoms with Gasteiger partial charge in [0.1, 0.15) is 0 Å². The number of hydrogen-bond acceptors (Lipinski definition) is 4. The second-order valence-corrected chi connectivity index (χ2v) is 5.51. The molecule has 0 heterocycles. The van der Waals surface area contributed by atoms with Gasteiger partial charge >= 0.3 is 5.69 Å². The Morgan fingerprint density at radius 1 is 1.40 bits per heavy atom. The molecule has 0 aromatic heterocycles. The van der Waals surface area contributed by atoms with E-state index < -0.39 is 16.4 Å². The summed E-state index contributed by atoms with van der Waals surface area (Å²) in [6.07, 6.45) is 4.28. The minimum absolute atomic E-state index is 0.0562. The lowest BCUT2D eigenvalue weighted by atomic mass is 9.87. The summed E-state index contributed by atoms with van der Waals surface area (Å²) in [4.78, 5) is 9.79. The van der Waals surface area contributed by atoms with E-state index in [2.05, 4.69) is 5.32 Å². The summed E-state index contributed by atoms with van der Waals surface area (Å²) in [7, 11) is 0. The van der Waals surface area contributed by atoms with Crippen LogP contribution in [0.4, 0.5) is 10.1 Å². The Morgan fingerprint density at radius 3 is 2.65 bits per heavy atom. The molecule has 1 saturated carbocycles. The highest BCUT2D eigenvalue weighted by molar-refractivity contribution is 5.34. The van der Waals surface area contributed by atoms with Crippen LogP contribution in [0, 0.1) is 21.3 Å². The van der Waals surface area contributed by atoms with Crippen molar-refractivity contribution in [3.63, 3.8) is 0 Å². The van der Waals surface area contributed by atoms with Gasteiger partial charge in [0.15, 0.2) is 0 Å². The minimum Gasteiger partial charge on any atom is -0.396 e. The Kier molecular flexibility index (Phi) is 4.67. The van der Waals surface area contributed by atoms with Crippen LogP contribution in [0.15, 0.2) is 18.2 Å². The summed E-state index contributed by atoms with van der Waals surface area (Å²) in [5, 5.41) is 23.2. The van der Waals surface area contributed by atoms with Gasteiger partial charge in [0.25, 0.3) is 0 Å². The maximum Gasteiger partial charge on any atom is 0.304 e. The average Bonchev–Trinajstić information content (AvgIpc) is 2.88. The monoisotopic (exact) mass is 282 g/mol. The van der Waals surface area contributed by atoms with Crippen LogP contribution >= 0.6 is 0 Å². The number of aliphatic hydroxyl groups excluding tert-OH is 1. The normalized spacial score (nSPS) is 17.3. The van der Waals surface area contributed by atoms with E-state index in [0.717, 1.165) is 25.7 Å². The van der Waals surface area contributed by atoms with Crippen molar-refractivity contribution in [3.05, 3.63) is 39.7 Å². The molecular weight excluding hydrogens is 263 g/mol. The summed E-state index contributed by atoms with van der Waals surface area (Å²) < 4.78 is 13.5. The zero-order valence-electron chi connectivity index (χ0n) is 11.3. The molecule has 0 radical (unpaired) electrons. The number of aliphatic hydroxyl groups is 1.